The second kappa shape index (κ2) is 27.6. The van der Waals surface area contributed by atoms with Gasteiger partial charge < -0.3 is 28.6 Å². The number of nitrogens with zero attached hydrogens (tertiary/aromatic N) is 1. The summed E-state index contributed by atoms with van der Waals surface area (Å²) in [5.41, 5.74) is 1.87. The predicted octanol–water partition coefficient (Wildman–Crippen LogP) is 8.67. The lowest BCUT2D eigenvalue weighted by Crippen LogP contribution is -2.46. The van der Waals surface area contributed by atoms with Crippen molar-refractivity contribution in [3.8, 4) is 0 Å². The van der Waals surface area contributed by atoms with Crippen LogP contribution >= 0.6 is 0 Å². The Kier molecular flexibility index (Phi) is 23.5. The molecular formula is C49H77NO10. The maximum atomic E-state index is 13.3. The van der Waals surface area contributed by atoms with Crippen molar-refractivity contribution in [1.29, 1.82) is 0 Å². The third-order valence-electron chi connectivity index (χ3n) is 13.0. The molecule has 11 nitrogen and oxygen atoms in total. The number of carbonyl (C=O) groups is 5. The lowest BCUT2D eigenvalue weighted by molar-refractivity contribution is -0.157. The van der Waals surface area contributed by atoms with E-state index >= 15 is 0 Å². The monoisotopic (exact) mass is 840 g/mol. The Morgan fingerprint density at radius 1 is 0.783 bits per heavy atom. The van der Waals surface area contributed by atoms with Crippen LogP contribution in [0.3, 0.4) is 0 Å². The van der Waals surface area contributed by atoms with Crippen molar-refractivity contribution >= 4 is 29.7 Å². The van der Waals surface area contributed by atoms with Crippen LogP contribution in [0.4, 0.5) is 0 Å². The number of hydrogen-bond acceptors (Lipinski definition) is 10. The molecule has 0 aromatic carbocycles. The third kappa shape index (κ3) is 17.6. The van der Waals surface area contributed by atoms with Gasteiger partial charge in [0.2, 0.25) is 5.78 Å². The fourth-order valence-electron chi connectivity index (χ4n) is 8.96. The fourth-order valence-corrected chi connectivity index (χ4v) is 8.96. The summed E-state index contributed by atoms with van der Waals surface area (Å²) < 4.78 is 28.5. The summed E-state index contributed by atoms with van der Waals surface area (Å²) in [5.74, 6) is -0.554. The Hall–Kier alpha value is -3.25. The van der Waals surface area contributed by atoms with Gasteiger partial charge in [0.25, 0.3) is 12.4 Å². The maximum Gasteiger partial charge on any atom is 0.293 e. The summed E-state index contributed by atoms with van der Waals surface area (Å²) >= 11 is 0. The van der Waals surface area contributed by atoms with E-state index in [0.29, 0.717) is 57.3 Å². The zero-order valence-electron chi connectivity index (χ0n) is 38.1. The second-order valence-corrected chi connectivity index (χ2v) is 17.7. The third-order valence-corrected chi connectivity index (χ3v) is 13.0. The number of Topliss-reactive ketones (excluding diaryl/α,β-unsaturated/α-hetero) is 3. The first kappa shape index (κ1) is 51.1. The number of ketones is 3. The van der Waals surface area contributed by atoms with E-state index < -0.39 is 35.9 Å². The summed E-state index contributed by atoms with van der Waals surface area (Å²) in [5, 5.41) is 0. The molecule has 0 aromatic heterocycles. The molecule has 3 rings (SSSR count). The van der Waals surface area contributed by atoms with Crippen LogP contribution in [0.5, 0.6) is 0 Å². The van der Waals surface area contributed by atoms with E-state index in [1.165, 1.54) is 0 Å². The zero-order valence-corrected chi connectivity index (χ0v) is 38.1. The molecule has 1 aliphatic carbocycles. The number of amides is 1. The first-order valence-electron chi connectivity index (χ1n) is 22.7. The number of methoxy groups -OCH3 is 3. The van der Waals surface area contributed by atoms with Crippen LogP contribution in [0, 0.1) is 23.7 Å². The minimum Gasteiger partial charge on any atom is -0.464 e. The predicted molar refractivity (Wildman–Crippen MR) is 234 cm³/mol. The minimum absolute atomic E-state index is 0.00281. The molecule has 8 atom stereocenters. The molecular weight excluding hydrogens is 763 g/mol. The summed E-state index contributed by atoms with van der Waals surface area (Å²) in [4.78, 5) is 65.2. The summed E-state index contributed by atoms with van der Waals surface area (Å²) in [6, 6.07) is 0. The number of likely N-dealkylation sites (tertiary alicyclic amines) is 1. The molecule has 1 saturated carbocycles. The number of carbonyl (C=O) groups excluding carboxylic acids is 5. The zero-order chi connectivity index (χ0) is 44.0. The Morgan fingerprint density at radius 2 is 1.48 bits per heavy atom. The molecule has 0 bridgehead atoms. The standard InChI is InChI=1S/C49H77NO10/c1-34(16-11-9-12-17-35(2)46(57-7)31-42-18-15-19-45(60-42)48(54)49(55)50-26-13-10-14-27-50)28-36(3)44(53)32-47(58-8)38(5)29-37(4)43(52)30-41(59-33-51)25-22-39-20-23-40(56-6)24-21-39/h9,11-12,16-17,29,33-34,36-37,39-42,45-47H,10,13-15,18-28,30-32H2,1-8H3/b12-9+,16-11+,35-17+,38-29+. The average Bonchev–Trinajstić information content (AvgIpc) is 3.26. The average molecular weight is 840 g/mol. The highest BCUT2D eigenvalue weighted by Crippen LogP contribution is 2.31. The van der Waals surface area contributed by atoms with E-state index in [9.17, 15) is 24.0 Å². The van der Waals surface area contributed by atoms with Crippen molar-refractivity contribution in [3.63, 3.8) is 0 Å². The van der Waals surface area contributed by atoms with Gasteiger partial charge in [-0.2, -0.15) is 0 Å². The Balaban J connectivity index is 1.42. The van der Waals surface area contributed by atoms with Crippen molar-refractivity contribution < 1.29 is 47.7 Å². The van der Waals surface area contributed by atoms with Gasteiger partial charge in [-0.25, -0.2) is 0 Å². The van der Waals surface area contributed by atoms with Crippen LogP contribution in [-0.2, 0) is 47.7 Å². The topological polar surface area (TPSA) is 135 Å². The van der Waals surface area contributed by atoms with E-state index in [1.807, 2.05) is 58.1 Å². The molecule has 2 heterocycles. The van der Waals surface area contributed by atoms with Crippen molar-refractivity contribution in [2.75, 3.05) is 34.4 Å². The molecule has 0 N–H and O–H groups in total. The van der Waals surface area contributed by atoms with Crippen molar-refractivity contribution in [2.24, 2.45) is 23.7 Å². The highest BCUT2D eigenvalue weighted by Gasteiger charge is 2.35. The van der Waals surface area contributed by atoms with E-state index in [4.69, 9.17) is 23.7 Å². The van der Waals surface area contributed by atoms with Crippen molar-refractivity contribution in [1.82, 2.24) is 4.90 Å². The van der Waals surface area contributed by atoms with Crippen LogP contribution in [0.15, 0.2) is 47.6 Å². The molecule has 0 aromatic rings. The number of rotatable bonds is 26. The second-order valence-electron chi connectivity index (χ2n) is 17.7. The lowest BCUT2D eigenvalue weighted by Gasteiger charge is -2.33. The lowest BCUT2D eigenvalue weighted by atomic mass is 9.83. The van der Waals surface area contributed by atoms with Crippen LogP contribution in [0.2, 0.25) is 0 Å². The number of hydrogen-bond donors (Lipinski definition) is 0. The molecule has 0 spiro atoms. The highest BCUT2D eigenvalue weighted by atomic mass is 16.5. The molecule has 1 amide bonds. The number of allylic oxidation sites excluding steroid dienone is 6. The van der Waals surface area contributed by atoms with Crippen LogP contribution in [-0.4, -0.2) is 106 Å². The number of ether oxygens (including phenoxy) is 5. The molecule has 60 heavy (non-hydrogen) atoms. The highest BCUT2D eigenvalue weighted by molar-refractivity contribution is 6.37. The van der Waals surface area contributed by atoms with Crippen LogP contribution < -0.4 is 0 Å². The molecule has 0 radical (unpaired) electrons. The van der Waals surface area contributed by atoms with E-state index in [-0.39, 0.29) is 48.5 Å². The van der Waals surface area contributed by atoms with Crippen LogP contribution in [0.25, 0.3) is 0 Å². The molecule has 11 heteroatoms. The van der Waals surface area contributed by atoms with Crippen LogP contribution in [0.1, 0.15) is 137 Å². The first-order valence-corrected chi connectivity index (χ1v) is 22.7. The fraction of sp³-hybridized carbons (Fsp3) is 0.735. The molecule has 3 fully saturated rings. The summed E-state index contributed by atoms with van der Waals surface area (Å²) in [6.07, 6.45) is 23.2. The molecule has 338 valence electrons. The SMILES string of the molecule is COC1CCC(CCC(CC(=O)C(C)/C=C(\C)C(CC(=O)C(C)CC(C)/C=C/C=C/C=C(\C)C(CC2CCCC(C(=O)C(=O)N3CCCCC3)O2)OC)OC)OC=O)CC1. The van der Waals surface area contributed by atoms with Crippen molar-refractivity contribution in [2.45, 2.75) is 174 Å². The largest absolute Gasteiger partial charge is 0.464 e. The van der Waals surface area contributed by atoms with Crippen molar-refractivity contribution in [3.05, 3.63) is 47.6 Å². The first-order chi connectivity index (χ1) is 28.8. The van der Waals surface area contributed by atoms with Gasteiger partial charge in [-0.1, -0.05) is 57.2 Å². The van der Waals surface area contributed by atoms with Gasteiger partial charge in [0.1, 0.15) is 23.8 Å². The molecule has 3 aliphatic rings. The molecule has 2 saturated heterocycles. The van der Waals surface area contributed by atoms with Gasteiger partial charge in [-0.05, 0) is 120 Å². The summed E-state index contributed by atoms with van der Waals surface area (Å²) in [6.45, 7) is 11.6. The maximum absolute atomic E-state index is 13.3. The molecule has 2 aliphatic heterocycles. The normalized spacial score (nSPS) is 25.0. The minimum atomic E-state index is -0.680. The van der Waals surface area contributed by atoms with E-state index in [2.05, 4.69) is 13.0 Å². The van der Waals surface area contributed by atoms with E-state index in [0.717, 1.165) is 75.4 Å². The van der Waals surface area contributed by atoms with Gasteiger partial charge in [0.15, 0.2) is 0 Å². The Morgan fingerprint density at radius 3 is 2.13 bits per heavy atom. The van der Waals surface area contributed by atoms with Gasteiger partial charge in [-0.15, -0.1) is 0 Å². The van der Waals surface area contributed by atoms with Gasteiger partial charge in [-0.3, -0.25) is 24.0 Å². The Bertz CT molecular complexity index is 1470. The van der Waals surface area contributed by atoms with Gasteiger partial charge in [0, 0.05) is 65.5 Å². The molecule has 8 unspecified atom stereocenters. The summed E-state index contributed by atoms with van der Waals surface area (Å²) in [7, 11) is 5.03. The van der Waals surface area contributed by atoms with E-state index in [1.54, 1.807) is 26.2 Å². The number of piperidine rings is 1. The quantitative estimate of drug-likeness (QED) is 0.0361. The Labute approximate surface area is 361 Å². The smallest absolute Gasteiger partial charge is 0.293 e. The van der Waals surface area contributed by atoms with Gasteiger partial charge >= 0.3 is 0 Å². The van der Waals surface area contributed by atoms with Gasteiger partial charge in [0.05, 0.1) is 24.4 Å².